The molecule has 0 aromatic carbocycles. The molecule has 0 saturated carbocycles. The third-order valence-electron chi connectivity index (χ3n) is 2.77. The van der Waals surface area contributed by atoms with Crippen LogP contribution in [0.2, 0.25) is 0 Å². The van der Waals surface area contributed by atoms with E-state index in [4.69, 9.17) is 15.2 Å². The van der Waals surface area contributed by atoms with E-state index >= 15 is 0 Å². The molecular weight excluding hydrogens is 178 g/mol. The van der Waals surface area contributed by atoms with Crippen LogP contribution in [0.4, 0.5) is 0 Å². The zero-order chi connectivity index (χ0) is 10.2. The average Bonchev–Trinajstić information content (AvgIpc) is 2.25. The second-order valence-corrected chi connectivity index (χ2v) is 3.99. The molecule has 84 valence electrons. The molecule has 2 N–H and O–H groups in total. The zero-order valence-electron chi connectivity index (χ0n) is 9.21. The Kier molecular flexibility index (Phi) is 6.15. The third-order valence-corrected chi connectivity index (χ3v) is 2.77. The molecule has 14 heavy (non-hydrogen) atoms. The van der Waals surface area contributed by atoms with Gasteiger partial charge in [-0.1, -0.05) is 6.92 Å². The summed E-state index contributed by atoms with van der Waals surface area (Å²) in [6, 6.07) is 0.355. The molecule has 1 unspecified atom stereocenters. The first-order valence-electron chi connectivity index (χ1n) is 5.78. The van der Waals surface area contributed by atoms with Crippen molar-refractivity contribution < 1.29 is 9.47 Å². The predicted molar refractivity (Wildman–Crippen MR) is 57.3 cm³/mol. The van der Waals surface area contributed by atoms with Crippen LogP contribution < -0.4 is 5.73 Å². The van der Waals surface area contributed by atoms with Gasteiger partial charge in [-0.05, 0) is 32.1 Å². The van der Waals surface area contributed by atoms with Gasteiger partial charge in [-0.15, -0.1) is 0 Å². The fraction of sp³-hybridized carbons (Fsp3) is 1.00. The summed E-state index contributed by atoms with van der Waals surface area (Å²) < 4.78 is 11.0. The number of nitrogens with two attached hydrogens (primary N) is 1. The molecular formula is C11H23NO2. The summed E-state index contributed by atoms with van der Waals surface area (Å²) in [6.07, 6.45) is 5.78. The maximum absolute atomic E-state index is 5.82. The summed E-state index contributed by atoms with van der Waals surface area (Å²) in [7, 11) is 0. The van der Waals surface area contributed by atoms with Crippen LogP contribution in [0.1, 0.15) is 39.0 Å². The van der Waals surface area contributed by atoms with Crippen molar-refractivity contribution in [3.63, 3.8) is 0 Å². The lowest BCUT2D eigenvalue weighted by atomic mass is 10.1. The van der Waals surface area contributed by atoms with Crippen molar-refractivity contribution in [3.05, 3.63) is 0 Å². The SMILES string of the molecule is CCC(N)CCCOC1CCOCC1. The lowest BCUT2D eigenvalue weighted by molar-refractivity contribution is -0.0329. The number of ether oxygens (including phenoxy) is 2. The number of rotatable bonds is 6. The van der Waals surface area contributed by atoms with E-state index < -0.39 is 0 Å². The minimum absolute atomic E-state index is 0.355. The smallest absolute Gasteiger partial charge is 0.0619 e. The van der Waals surface area contributed by atoms with Crippen LogP contribution in [0.15, 0.2) is 0 Å². The van der Waals surface area contributed by atoms with E-state index in [1.165, 1.54) is 0 Å². The van der Waals surface area contributed by atoms with E-state index in [9.17, 15) is 0 Å². The molecule has 0 aliphatic carbocycles. The van der Waals surface area contributed by atoms with Gasteiger partial charge < -0.3 is 15.2 Å². The summed E-state index contributed by atoms with van der Waals surface area (Å²) in [6.45, 7) is 4.71. The lowest BCUT2D eigenvalue weighted by Gasteiger charge is -2.22. The maximum atomic E-state index is 5.82. The maximum Gasteiger partial charge on any atom is 0.0619 e. The highest BCUT2D eigenvalue weighted by Crippen LogP contribution is 2.11. The monoisotopic (exact) mass is 201 g/mol. The van der Waals surface area contributed by atoms with Crippen LogP contribution in [0.3, 0.4) is 0 Å². The highest BCUT2D eigenvalue weighted by molar-refractivity contribution is 4.63. The van der Waals surface area contributed by atoms with E-state index in [0.717, 1.165) is 51.9 Å². The Morgan fingerprint density at radius 2 is 2.14 bits per heavy atom. The quantitative estimate of drug-likeness (QED) is 0.665. The van der Waals surface area contributed by atoms with Crippen LogP contribution >= 0.6 is 0 Å². The Balaban J connectivity index is 1.92. The normalized spacial score (nSPS) is 21.0. The van der Waals surface area contributed by atoms with Crippen molar-refractivity contribution in [2.45, 2.75) is 51.2 Å². The van der Waals surface area contributed by atoms with Gasteiger partial charge in [-0.3, -0.25) is 0 Å². The predicted octanol–water partition coefficient (Wildman–Crippen LogP) is 1.70. The van der Waals surface area contributed by atoms with Gasteiger partial charge in [0.25, 0.3) is 0 Å². The molecule has 0 aromatic heterocycles. The molecule has 3 heteroatoms. The number of hydrogen-bond donors (Lipinski definition) is 1. The topological polar surface area (TPSA) is 44.5 Å². The molecule has 1 aliphatic rings. The van der Waals surface area contributed by atoms with Crippen molar-refractivity contribution in [2.24, 2.45) is 5.73 Å². The standard InChI is InChI=1S/C11H23NO2/c1-2-10(12)4-3-7-14-11-5-8-13-9-6-11/h10-11H,2-9,12H2,1H3. The second-order valence-electron chi connectivity index (χ2n) is 3.99. The first-order valence-corrected chi connectivity index (χ1v) is 5.78. The summed E-state index contributed by atoms with van der Waals surface area (Å²) >= 11 is 0. The molecule has 0 bridgehead atoms. The van der Waals surface area contributed by atoms with Crippen LogP contribution in [0.5, 0.6) is 0 Å². The summed E-state index contributed by atoms with van der Waals surface area (Å²) in [5, 5.41) is 0. The van der Waals surface area contributed by atoms with Gasteiger partial charge >= 0.3 is 0 Å². The summed E-state index contributed by atoms with van der Waals surface area (Å²) in [5.41, 5.74) is 5.82. The van der Waals surface area contributed by atoms with Gasteiger partial charge in [-0.25, -0.2) is 0 Å². The molecule has 0 radical (unpaired) electrons. The fourth-order valence-electron chi connectivity index (χ4n) is 1.64. The Labute approximate surface area is 86.9 Å². The molecule has 0 amide bonds. The van der Waals surface area contributed by atoms with Gasteiger partial charge in [0.05, 0.1) is 6.10 Å². The first kappa shape index (κ1) is 12.0. The largest absolute Gasteiger partial charge is 0.381 e. The molecule has 3 nitrogen and oxygen atoms in total. The van der Waals surface area contributed by atoms with Gasteiger partial charge in [0, 0.05) is 25.9 Å². The molecule has 1 aliphatic heterocycles. The Hall–Kier alpha value is -0.120. The molecule has 1 atom stereocenters. The highest BCUT2D eigenvalue weighted by atomic mass is 16.5. The lowest BCUT2D eigenvalue weighted by Crippen LogP contribution is -2.24. The van der Waals surface area contributed by atoms with Crippen LogP contribution in [-0.4, -0.2) is 32.0 Å². The fourth-order valence-corrected chi connectivity index (χ4v) is 1.64. The van der Waals surface area contributed by atoms with E-state index in [1.54, 1.807) is 0 Å². The molecule has 1 heterocycles. The van der Waals surface area contributed by atoms with Crippen molar-refractivity contribution in [1.82, 2.24) is 0 Å². The van der Waals surface area contributed by atoms with Crippen molar-refractivity contribution in [1.29, 1.82) is 0 Å². The van der Waals surface area contributed by atoms with Crippen molar-refractivity contribution in [3.8, 4) is 0 Å². The van der Waals surface area contributed by atoms with Crippen molar-refractivity contribution in [2.75, 3.05) is 19.8 Å². The molecule has 0 spiro atoms. The van der Waals surface area contributed by atoms with Crippen LogP contribution in [0, 0.1) is 0 Å². The summed E-state index contributed by atoms with van der Waals surface area (Å²) in [5.74, 6) is 0. The van der Waals surface area contributed by atoms with Gasteiger partial charge in [0.2, 0.25) is 0 Å². The molecule has 0 aromatic rings. The van der Waals surface area contributed by atoms with Gasteiger partial charge in [-0.2, -0.15) is 0 Å². The van der Waals surface area contributed by atoms with Crippen LogP contribution in [-0.2, 0) is 9.47 Å². The van der Waals surface area contributed by atoms with Crippen molar-refractivity contribution >= 4 is 0 Å². The van der Waals surface area contributed by atoms with Gasteiger partial charge in [0.1, 0.15) is 0 Å². The second kappa shape index (κ2) is 7.21. The van der Waals surface area contributed by atoms with Gasteiger partial charge in [0.15, 0.2) is 0 Å². The highest BCUT2D eigenvalue weighted by Gasteiger charge is 2.13. The van der Waals surface area contributed by atoms with E-state index in [2.05, 4.69) is 6.92 Å². The van der Waals surface area contributed by atoms with E-state index in [-0.39, 0.29) is 0 Å². The third kappa shape index (κ3) is 4.94. The number of hydrogen-bond acceptors (Lipinski definition) is 3. The summed E-state index contributed by atoms with van der Waals surface area (Å²) in [4.78, 5) is 0. The Bertz CT molecular complexity index is 135. The zero-order valence-corrected chi connectivity index (χ0v) is 9.21. The van der Waals surface area contributed by atoms with Crippen LogP contribution in [0.25, 0.3) is 0 Å². The van der Waals surface area contributed by atoms with E-state index in [1.807, 2.05) is 0 Å². The first-order chi connectivity index (χ1) is 6.83. The Morgan fingerprint density at radius 1 is 1.43 bits per heavy atom. The average molecular weight is 201 g/mol. The minimum atomic E-state index is 0.355. The Morgan fingerprint density at radius 3 is 2.79 bits per heavy atom. The molecule has 1 saturated heterocycles. The van der Waals surface area contributed by atoms with E-state index in [0.29, 0.717) is 12.1 Å². The molecule has 1 rings (SSSR count). The molecule has 1 fully saturated rings. The minimum Gasteiger partial charge on any atom is -0.381 e.